The second-order valence-corrected chi connectivity index (χ2v) is 5.05. The van der Waals surface area contributed by atoms with Gasteiger partial charge in [-0.15, -0.1) is 0 Å². The molecule has 1 heterocycles. The van der Waals surface area contributed by atoms with Gasteiger partial charge in [-0.05, 0) is 45.0 Å². The standard InChI is InChI=1S/C15H14ClNO3/c1-8-9(2)17(12-6-4-11(16)5-7-12)10(3)13(14(8)18)15(19)20/h4-7H,1-3H3,(H,19,20). The van der Waals surface area contributed by atoms with E-state index in [0.29, 0.717) is 16.3 Å². The van der Waals surface area contributed by atoms with Crippen molar-refractivity contribution >= 4 is 17.6 Å². The second-order valence-electron chi connectivity index (χ2n) is 4.62. The molecule has 1 aromatic carbocycles. The molecular formula is C15H14ClNO3. The van der Waals surface area contributed by atoms with Crippen LogP contribution < -0.4 is 5.43 Å². The first-order valence-electron chi connectivity index (χ1n) is 6.06. The average molecular weight is 292 g/mol. The highest BCUT2D eigenvalue weighted by Crippen LogP contribution is 2.20. The summed E-state index contributed by atoms with van der Waals surface area (Å²) >= 11 is 5.86. The van der Waals surface area contributed by atoms with E-state index in [0.717, 1.165) is 11.4 Å². The number of carboxylic acid groups (broad SMARTS) is 1. The molecule has 0 amide bonds. The maximum absolute atomic E-state index is 12.1. The van der Waals surface area contributed by atoms with Crippen LogP contribution in [0.4, 0.5) is 0 Å². The molecule has 0 saturated heterocycles. The van der Waals surface area contributed by atoms with E-state index in [9.17, 15) is 14.7 Å². The van der Waals surface area contributed by atoms with E-state index >= 15 is 0 Å². The second kappa shape index (κ2) is 5.13. The van der Waals surface area contributed by atoms with Gasteiger partial charge in [0.1, 0.15) is 5.56 Å². The van der Waals surface area contributed by atoms with E-state index in [1.807, 2.05) is 0 Å². The number of pyridine rings is 1. The molecule has 20 heavy (non-hydrogen) atoms. The molecule has 104 valence electrons. The van der Waals surface area contributed by atoms with Crippen molar-refractivity contribution in [2.24, 2.45) is 0 Å². The maximum atomic E-state index is 12.1. The highest BCUT2D eigenvalue weighted by atomic mass is 35.5. The van der Waals surface area contributed by atoms with E-state index in [1.54, 1.807) is 49.6 Å². The Kier molecular flexibility index (Phi) is 3.68. The van der Waals surface area contributed by atoms with Crippen molar-refractivity contribution in [1.29, 1.82) is 0 Å². The summed E-state index contributed by atoms with van der Waals surface area (Å²) in [5, 5.41) is 9.84. The molecule has 0 bridgehead atoms. The summed E-state index contributed by atoms with van der Waals surface area (Å²) in [5.74, 6) is -1.21. The minimum atomic E-state index is -1.21. The lowest BCUT2D eigenvalue weighted by molar-refractivity contribution is 0.0693. The number of carbonyl (C=O) groups is 1. The molecule has 0 fully saturated rings. The number of halogens is 1. The molecule has 0 radical (unpaired) electrons. The Hall–Kier alpha value is -2.07. The van der Waals surface area contributed by atoms with Crippen molar-refractivity contribution in [3.63, 3.8) is 0 Å². The zero-order chi connectivity index (χ0) is 15.0. The van der Waals surface area contributed by atoms with Crippen LogP contribution in [-0.4, -0.2) is 15.6 Å². The summed E-state index contributed by atoms with van der Waals surface area (Å²) in [5.41, 5.74) is 1.71. The van der Waals surface area contributed by atoms with Gasteiger partial charge in [-0.3, -0.25) is 4.79 Å². The third-order valence-electron chi connectivity index (χ3n) is 3.44. The lowest BCUT2D eigenvalue weighted by Gasteiger charge is -2.18. The van der Waals surface area contributed by atoms with Crippen molar-refractivity contribution in [2.45, 2.75) is 20.8 Å². The number of nitrogens with zero attached hydrogens (tertiary/aromatic N) is 1. The Morgan fingerprint density at radius 3 is 2.15 bits per heavy atom. The molecule has 0 unspecified atom stereocenters. The fourth-order valence-electron chi connectivity index (χ4n) is 2.28. The van der Waals surface area contributed by atoms with Gasteiger partial charge >= 0.3 is 5.97 Å². The number of benzene rings is 1. The van der Waals surface area contributed by atoms with E-state index in [1.165, 1.54) is 0 Å². The minimum Gasteiger partial charge on any atom is -0.477 e. The Morgan fingerprint density at radius 1 is 1.10 bits per heavy atom. The van der Waals surface area contributed by atoms with Gasteiger partial charge in [0, 0.05) is 27.7 Å². The van der Waals surface area contributed by atoms with Crippen LogP contribution in [0.5, 0.6) is 0 Å². The van der Waals surface area contributed by atoms with Gasteiger partial charge in [-0.25, -0.2) is 4.79 Å². The van der Waals surface area contributed by atoms with Crippen molar-refractivity contribution in [1.82, 2.24) is 4.57 Å². The number of hydrogen-bond donors (Lipinski definition) is 1. The topological polar surface area (TPSA) is 59.3 Å². The van der Waals surface area contributed by atoms with Gasteiger partial charge in [0.05, 0.1) is 0 Å². The molecule has 5 heteroatoms. The van der Waals surface area contributed by atoms with Crippen molar-refractivity contribution in [3.8, 4) is 5.69 Å². The van der Waals surface area contributed by atoms with E-state index in [4.69, 9.17) is 11.6 Å². The summed E-state index contributed by atoms with van der Waals surface area (Å²) in [4.78, 5) is 23.4. The molecule has 2 rings (SSSR count). The number of aromatic carboxylic acids is 1. The number of hydrogen-bond acceptors (Lipinski definition) is 2. The van der Waals surface area contributed by atoms with Gasteiger partial charge < -0.3 is 9.67 Å². The lowest BCUT2D eigenvalue weighted by atomic mass is 10.1. The highest BCUT2D eigenvalue weighted by Gasteiger charge is 2.20. The summed E-state index contributed by atoms with van der Waals surface area (Å²) in [6.45, 7) is 5.06. The van der Waals surface area contributed by atoms with Crippen LogP contribution in [0, 0.1) is 20.8 Å². The molecule has 4 nitrogen and oxygen atoms in total. The van der Waals surface area contributed by atoms with Crippen molar-refractivity contribution in [3.05, 3.63) is 62.0 Å². The predicted molar refractivity (Wildman–Crippen MR) is 78.2 cm³/mol. The van der Waals surface area contributed by atoms with Gasteiger partial charge in [0.25, 0.3) is 0 Å². The zero-order valence-corrected chi connectivity index (χ0v) is 12.2. The van der Waals surface area contributed by atoms with Crippen molar-refractivity contribution < 1.29 is 9.90 Å². The third-order valence-corrected chi connectivity index (χ3v) is 3.69. The maximum Gasteiger partial charge on any atom is 0.341 e. The SMILES string of the molecule is Cc1c(C)n(-c2ccc(Cl)cc2)c(C)c(C(=O)O)c1=O. The normalized spacial score (nSPS) is 10.6. The minimum absolute atomic E-state index is 0.192. The van der Waals surface area contributed by atoms with Crippen molar-refractivity contribution in [2.75, 3.05) is 0 Å². The van der Waals surface area contributed by atoms with E-state index in [2.05, 4.69) is 0 Å². The Bertz CT molecular complexity index is 745. The number of rotatable bonds is 2. The molecule has 0 saturated carbocycles. The summed E-state index contributed by atoms with van der Waals surface area (Å²) in [6, 6.07) is 7.03. The first-order chi connectivity index (χ1) is 9.34. The quantitative estimate of drug-likeness (QED) is 0.925. The Balaban J connectivity index is 2.86. The van der Waals surface area contributed by atoms with Crippen LogP contribution in [-0.2, 0) is 0 Å². The summed E-state index contributed by atoms with van der Waals surface area (Å²) < 4.78 is 1.76. The lowest BCUT2D eigenvalue weighted by Crippen LogP contribution is -2.25. The summed E-state index contributed by atoms with van der Waals surface area (Å²) in [6.07, 6.45) is 0. The van der Waals surface area contributed by atoms with Crippen LogP contribution in [0.3, 0.4) is 0 Å². The highest BCUT2D eigenvalue weighted by molar-refractivity contribution is 6.30. The average Bonchev–Trinajstić information content (AvgIpc) is 2.38. The van der Waals surface area contributed by atoms with Crippen LogP contribution in [0.25, 0.3) is 5.69 Å². The molecule has 2 aromatic rings. The molecule has 0 aliphatic carbocycles. The van der Waals surface area contributed by atoms with Crippen LogP contribution >= 0.6 is 11.6 Å². The fourth-order valence-corrected chi connectivity index (χ4v) is 2.40. The number of carboxylic acids is 1. The smallest absolute Gasteiger partial charge is 0.341 e. The third kappa shape index (κ3) is 2.23. The van der Waals surface area contributed by atoms with Gasteiger partial charge in [-0.1, -0.05) is 11.6 Å². The van der Waals surface area contributed by atoms with Gasteiger partial charge in [0.2, 0.25) is 0 Å². The first-order valence-corrected chi connectivity index (χ1v) is 6.44. The van der Waals surface area contributed by atoms with Gasteiger partial charge in [-0.2, -0.15) is 0 Å². The fraction of sp³-hybridized carbons (Fsp3) is 0.200. The molecule has 1 aromatic heterocycles. The number of aromatic nitrogens is 1. The first kappa shape index (κ1) is 14.3. The molecule has 0 spiro atoms. The monoisotopic (exact) mass is 291 g/mol. The van der Waals surface area contributed by atoms with Crippen LogP contribution in [0.15, 0.2) is 29.1 Å². The van der Waals surface area contributed by atoms with Crippen LogP contribution in [0.1, 0.15) is 27.3 Å². The Labute approximate surface area is 121 Å². The molecule has 1 N–H and O–H groups in total. The molecular weight excluding hydrogens is 278 g/mol. The van der Waals surface area contributed by atoms with E-state index in [-0.39, 0.29) is 5.56 Å². The molecule has 0 aliphatic heterocycles. The van der Waals surface area contributed by atoms with Gasteiger partial charge in [0.15, 0.2) is 5.43 Å². The predicted octanol–water partition coefficient (Wildman–Crippen LogP) is 3.11. The Morgan fingerprint density at radius 2 is 1.65 bits per heavy atom. The zero-order valence-electron chi connectivity index (χ0n) is 11.4. The van der Waals surface area contributed by atoms with Crippen LogP contribution in [0.2, 0.25) is 5.02 Å². The largest absolute Gasteiger partial charge is 0.477 e. The van der Waals surface area contributed by atoms with E-state index < -0.39 is 11.4 Å². The summed E-state index contributed by atoms with van der Waals surface area (Å²) in [7, 11) is 0. The molecule has 0 aliphatic rings. The molecule has 0 atom stereocenters.